The molecule has 1 aromatic rings. The maximum atomic E-state index is 12.8. The lowest BCUT2D eigenvalue weighted by molar-refractivity contribution is 0.0696. The number of piperidine rings is 1. The molecule has 8 heteroatoms. The zero-order valence-electron chi connectivity index (χ0n) is 12.5. The number of carboxylic acid groups (broad SMARTS) is 1. The van der Waals surface area contributed by atoms with Crippen LogP contribution in [0, 0.1) is 0 Å². The van der Waals surface area contributed by atoms with E-state index in [-0.39, 0.29) is 16.5 Å². The minimum Gasteiger partial charge on any atom is -0.478 e. The van der Waals surface area contributed by atoms with Gasteiger partial charge in [0.15, 0.2) is 0 Å². The Morgan fingerprint density at radius 2 is 2.05 bits per heavy atom. The number of hydrogen-bond donors (Lipinski definition) is 1. The van der Waals surface area contributed by atoms with Gasteiger partial charge in [0.1, 0.15) is 0 Å². The van der Waals surface area contributed by atoms with Gasteiger partial charge in [-0.05, 0) is 45.1 Å². The molecular formula is C14H19BrN2O4S. The van der Waals surface area contributed by atoms with Crippen molar-refractivity contribution in [3.63, 3.8) is 0 Å². The lowest BCUT2D eigenvalue weighted by Gasteiger charge is -2.35. The quantitative estimate of drug-likeness (QED) is 0.848. The van der Waals surface area contributed by atoms with E-state index in [0.717, 1.165) is 12.8 Å². The van der Waals surface area contributed by atoms with Crippen molar-refractivity contribution in [3.8, 4) is 0 Å². The highest BCUT2D eigenvalue weighted by atomic mass is 79.9. The molecule has 2 rings (SSSR count). The van der Waals surface area contributed by atoms with Gasteiger partial charge in [0.2, 0.25) is 10.0 Å². The first-order valence-electron chi connectivity index (χ1n) is 6.92. The molecule has 1 N–H and O–H groups in total. The molecule has 1 fully saturated rings. The molecule has 1 aromatic carbocycles. The van der Waals surface area contributed by atoms with Crippen LogP contribution >= 0.6 is 15.9 Å². The average Bonchev–Trinajstić information content (AvgIpc) is 2.46. The SMILES string of the molecule is CN(C)C1CCCN(S(=O)(=O)c2cc(Br)cc(C(=O)O)c2)C1. The van der Waals surface area contributed by atoms with Crippen LogP contribution in [-0.2, 0) is 10.0 Å². The summed E-state index contributed by atoms with van der Waals surface area (Å²) in [7, 11) is 0.172. The molecule has 1 atom stereocenters. The van der Waals surface area contributed by atoms with Crippen LogP contribution < -0.4 is 0 Å². The number of sulfonamides is 1. The standard InChI is InChI=1S/C14H19BrN2O4S/c1-16(2)12-4-3-5-17(9-12)22(20,21)13-7-10(14(18)19)6-11(15)8-13/h6-8,12H,3-5,9H2,1-2H3,(H,18,19). The number of aromatic carboxylic acids is 1. The van der Waals surface area contributed by atoms with Gasteiger partial charge in [-0.2, -0.15) is 4.31 Å². The summed E-state index contributed by atoms with van der Waals surface area (Å²) in [5.74, 6) is -1.15. The molecule has 1 aliphatic rings. The van der Waals surface area contributed by atoms with E-state index in [9.17, 15) is 13.2 Å². The maximum absolute atomic E-state index is 12.8. The van der Waals surface area contributed by atoms with Gasteiger partial charge in [0, 0.05) is 23.6 Å². The highest BCUT2D eigenvalue weighted by Crippen LogP contribution is 2.25. The van der Waals surface area contributed by atoms with Crippen molar-refractivity contribution in [3.05, 3.63) is 28.2 Å². The Kier molecular flexibility index (Phi) is 5.26. The number of halogens is 1. The molecule has 0 bridgehead atoms. The molecule has 1 aliphatic heterocycles. The fourth-order valence-electron chi connectivity index (χ4n) is 2.54. The van der Waals surface area contributed by atoms with Crippen molar-refractivity contribution < 1.29 is 18.3 Å². The van der Waals surface area contributed by atoms with Crippen molar-refractivity contribution in [2.75, 3.05) is 27.2 Å². The monoisotopic (exact) mass is 390 g/mol. The normalized spacial score (nSPS) is 20.3. The molecule has 0 saturated carbocycles. The van der Waals surface area contributed by atoms with Crippen LogP contribution in [0.1, 0.15) is 23.2 Å². The number of benzene rings is 1. The van der Waals surface area contributed by atoms with Crippen LogP contribution in [0.25, 0.3) is 0 Å². The van der Waals surface area contributed by atoms with E-state index < -0.39 is 16.0 Å². The number of carboxylic acids is 1. The second-order valence-corrected chi connectivity index (χ2v) is 8.46. The highest BCUT2D eigenvalue weighted by Gasteiger charge is 2.31. The second-order valence-electron chi connectivity index (χ2n) is 5.60. The maximum Gasteiger partial charge on any atom is 0.335 e. The minimum absolute atomic E-state index is 0.0127. The van der Waals surface area contributed by atoms with Crippen LogP contribution in [0.15, 0.2) is 27.6 Å². The van der Waals surface area contributed by atoms with E-state index in [2.05, 4.69) is 15.9 Å². The third-order valence-corrected chi connectivity index (χ3v) is 6.15. The zero-order valence-corrected chi connectivity index (χ0v) is 14.9. The Bertz CT molecular complexity index is 675. The molecule has 1 heterocycles. The largest absolute Gasteiger partial charge is 0.478 e. The number of likely N-dealkylation sites (N-methyl/N-ethyl adjacent to an activating group) is 1. The van der Waals surface area contributed by atoms with Gasteiger partial charge in [0.25, 0.3) is 0 Å². The summed E-state index contributed by atoms with van der Waals surface area (Å²) in [5.41, 5.74) is -0.0471. The first-order valence-corrected chi connectivity index (χ1v) is 9.15. The van der Waals surface area contributed by atoms with E-state index in [1.807, 2.05) is 19.0 Å². The van der Waals surface area contributed by atoms with Gasteiger partial charge in [-0.25, -0.2) is 13.2 Å². The number of nitrogens with zero attached hydrogens (tertiary/aromatic N) is 2. The van der Waals surface area contributed by atoms with Crippen molar-refractivity contribution in [2.24, 2.45) is 0 Å². The van der Waals surface area contributed by atoms with E-state index in [1.165, 1.54) is 22.5 Å². The summed E-state index contributed by atoms with van der Waals surface area (Å²) in [6.45, 7) is 0.881. The van der Waals surface area contributed by atoms with Crippen molar-refractivity contribution in [1.29, 1.82) is 0 Å². The van der Waals surface area contributed by atoms with Crippen LogP contribution in [0.3, 0.4) is 0 Å². The van der Waals surface area contributed by atoms with Gasteiger partial charge in [-0.1, -0.05) is 15.9 Å². The van der Waals surface area contributed by atoms with Crippen molar-refractivity contribution in [1.82, 2.24) is 9.21 Å². The predicted octanol–water partition coefficient (Wildman–Crippen LogP) is 1.86. The summed E-state index contributed by atoms with van der Waals surface area (Å²) in [6.07, 6.45) is 1.75. The van der Waals surface area contributed by atoms with E-state index >= 15 is 0 Å². The summed E-state index contributed by atoms with van der Waals surface area (Å²) in [6, 6.07) is 4.22. The fraction of sp³-hybridized carbons (Fsp3) is 0.500. The van der Waals surface area contributed by atoms with Crippen LogP contribution in [0.4, 0.5) is 0 Å². The Hall–Kier alpha value is -0.960. The fourth-order valence-corrected chi connectivity index (χ4v) is 4.78. The highest BCUT2D eigenvalue weighted by molar-refractivity contribution is 9.10. The van der Waals surface area contributed by atoms with E-state index in [1.54, 1.807) is 0 Å². The third kappa shape index (κ3) is 3.68. The van der Waals surface area contributed by atoms with Crippen molar-refractivity contribution in [2.45, 2.75) is 23.8 Å². The molecule has 0 aliphatic carbocycles. The molecule has 6 nitrogen and oxygen atoms in total. The van der Waals surface area contributed by atoms with Crippen LogP contribution in [0.5, 0.6) is 0 Å². The van der Waals surface area contributed by atoms with Gasteiger partial charge in [-0.15, -0.1) is 0 Å². The number of hydrogen-bond acceptors (Lipinski definition) is 4. The van der Waals surface area contributed by atoms with Gasteiger partial charge < -0.3 is 10.0 Å². The van der Waals surface area contributed by atoms with Gasteiger partial charge in [0.05, 0.1) is 10.5 Å². The molecule has 1 saturated heterocycles. The molecule has 22 heavy (non-hydrogen) atoms. The van der Waals surface area contributed by atoms with Crippen molar-refractivity contribution >= 4 is 31.9 Å². The molecular weight excluding hydrogens is 372 g/mol. The average molecular weight is 391 g/mol. The molecule has 0 radical (unpaired) electrons. The van der Waals surface area contributed by atoms with E-state index in [0.29, 0.717) is 17.6 Å². The Labute approximate surface area is 138 Å². The second kappa shape index (κ2) is 6.66. The van der Waals surface area contributed by atoms with Gasteiger partial charge in [-0.3, -0.25) is 0 Å². The summed E-state index contributed by atoms with van der Waals surface area (Å²) in [4.78, 5) is 13.1. The zero-order chi connectivity index (χ0) is 16.5. The minimum atomic E-state index is -3.69. The first-order chi connectivity index (χ1) is 10.2. The third-order valence-electron chi connectivity index (χ3n) is 3.85. The number of rotatable bonds is 4. The van der Waals surface area contributed by atoms with E-state index in [4.69, 9.17) is 5.11 Å². The lowest BCUT2D eigenvalue weighted by atomic mass is 10.1. The molecule has 0 spiro atoms. The van der Waals surface area contributed by atoms with Gasteiger partial charge >= 0.3 is 5.97 Å². The summed E-state index contributed by atoms with van der Waals surface area (Å²) in [5, 5.41) is 9.09. The Morgan fingerprint density at radius 3 is 2.64 bits per heavy atom. The molecule has 0 aromatic heterocycles. The summed E-state index contributed by atoms with van der Waals surface area (Å²) < 4.78 is 27.4. The first kappa shape index (κ1) is 17.4. The predicted molar refractivity (Wildman–Crippen MR) is 86.6 cm³/mol. The number of carbonyl (C=O) groups is 1. The topological polar surface area (TPSA) is 77.9 Å². The molecule has 1 unspecified atom stereocenters. The Balaban J connectivity index is 2.36. The summed E-state index contributed by atoms with van der Waals surface area (Å²) >= 11 is 3.18. The van der Waals surface area contributed by atoms with Crippen LogP contribution in [-0.4, -0.2) is 61.9 Å². The lowest BCUT2D eigenvalue weighted by Crippen LogP contribution is -2.47. The molecule has 122 valence electrons. The molecule has 0 amide bonds. The smallest absolute Gasteiger partial charge is 0.335 e. The Morgan fingerprint density at radius 1 is 1.36 bits per heavy atom. The van der Waals surface area contributed by atoms with Crippen LogP contribution in [0.2, 0.25) is 0 Å².